The van der Waals surface area contributed by atoms with Crippen LogP contribution in [0.15, 0.2) is 35.4 Å². The van der Waals surface area contributed by atoms with E-state index in [1.165, 1.54) is 12.1 Å². The Morgan fingerprint density at radius 3 is 2.44 bits per heavy atom. The molecule has 1 aromatic carbocycles. The summed E-state index contributed by atoms with van der Waals surface area (Å²) in [5.74, 6) is 0. The number of ether oxygens (including phenoxy) is 1. The average Bonchev–Trinajstić information content (AvgIpc) is 3.25. The highest BCUT2D eigenvalue weighted by atomic mass is 32.2. The van der Waals surface area contributed by atoms with E-state index in [9.17, 15) is 8.42 Å². The molecule has 0 saturated carbocycles. The third-order valence-corrected chi connectivity index (χ3v) is 7.44. The molecule has 2 aliphatic rings. The zero-order valence-electron chi connectivity index (χ0n) is 15.0. The zero-order valence-corrected chi connectivity index (χ0v) is 15.8. The van der Waals surface area contributed by atoms with Crippen LogP contribution in [0.2, 0.25) is 0 Å². The van der Waals surface area contributed by atoms with Gasteiger partial charge < -0.3 is 4.74 Å². The highest BCUT2D eigenvalue weighted by Crippen LogP contribution is 2.43. The van der Waals surface area contributed by atoms with E-state index in [-0.39, 0.29) is 23.0 Å². The Morgan fingerprint density at radius 1 is 1.19 bits per heavy atom. The van der Waals surface area contributed by atoms with Gasteiger partial charge in [0.25, 0.3) is 0 Å². The molecular formula is C18H21N5O3S. The SMILES string of the molecule is COCc1cn(C2CC3CCC(C2)N3S(=O)(=O)c2ccc(C#N)cc2)nn1. The molecule has 0 N–H and O–H groups in total. The first-order valence-corrected chi connectivity index (χ1v) is 10.4. The normalized spacial score (nSPS) is 25.4. The summed E-state index contributed by atoms with van der Waals surface area (Å²) >= 11 is 0. The van der Waals surface area contributed by atoms with Gasteiger partial charge in [-0.25, -0.2) is 13.1 Å². The minimum Gasteiger partial charge on any atom is -0.378 e. The van der Waals surface area contributed by atoms with E-state index in [4.69, 9.17) is 10.00 Å². The molecule has 2 fully saturated rings. The summed E-state index contributed by atoms with van der Waals surface area (Å²) in [6.45, 7) is 0.415. The average molecular weight is 387 g/mol. The summed E-state index contributed by atoms with van der Waals surface area (Å²) in [6.07, 6.45) is 5.05. The first-order valence-electron chi connectivity index (χ1n) is 8.96. The van der Waals surface area contributed by atoms with E-state index < -0.39 is 10.0 Å². The Morgan fingerprint density at radius 2 is 1.85 bits per heavy atom. The molecule has 0 spiro atoms. The number of sulfonamides is 1. The summed E-state index contributed by atoms with van der Waals surface area (Å²) in [4.78, 5) is 0.250. The minimum atomic E-state index is -3.57. The molecule has 3 heterocycles. The number of piperidine rings is 1. The Bertz CT molecular complexity index is 950. The second-order valence-electron chi connectivity index (χ2n) is 7.10. The van der Waals surface area contributed by atoms with Gasteiger partial charge >= 0.3 is 0 Å². The van der Waals surface area contributed by atoms with Gasteiger partial charge in [-0.2, -0.15) is 9.57 Å². The standard InChI is InChI=1S/C18H21N5O3S/c1-26-12-14-11-22(21-20-14)17-8-15-4-5-16(9-17)23(15)27(24,25)18-6-2-13(10-19)3-7-18/h2-3,6-7,11,15-17H,4-5,8-9,12H2,1H3. The van der Waals surface area contributed by atoms with Crippen LogP contribution >= 0.6 is 0 Å². The zero-order chi connectivity index (χ0) is 19.0. The van der Waals surface area contributed by atoms with Gasteiger partial charge in [0.15, 0.2) is 0 Å². The van der Waals surface area contributed by atoms with Crippen LogP contribution in [0.3, 0.4) is 0 Å². The maximum absolute atomic E-state index is 13.2. The van der Waals surface area contributed by atoms with E-state index in [2.05, 4.69) is 10.3 Å². The fourth-order valence-corrected chi connectivity index (χ4v) is 6.13. The molecule has 1 aromatic heterocycles. The van der Waals surface area contributed by atoms with Gasteiger partial charge in [-0.3, -0.25) is 0 Å². The van der Waals surface area contributed by atoms with Crippen LogP contribution in [0.1, 0.15) is 43.0 Å². The van der Waals surface area contributed by atoms with Crippen molar-refractivity contribution in [3.63, 3.8) is 0 Å². The maximum Gasteiger partial charge on any atom is 0.243 e. The molecule has 27 heavy (non-hydrogen) atoms. The molecule has 2 unspecified atom stereocenters. The van der Waals surface area contributed by atoms with Crippen molar-refractivity contribution in [2.45, 2.75) is 55.3 Å². The van der Waals surface area contributed by atoms with Crippen molar-refractivity contribution in [1.29, 1.82) is 5.26 Å². The van der Waals surface area contributed by atoms with Crippen LogP contribution in [0.4, 0.5) is 0 Å². The molecule has 4 rings (SSSR count). The van der Waals surface area contributed by atoms with Gasteiger partial charge in [-0.05, 0) is 49.9 Å². The van der Waals surface area contributed by atoms with Crippen molar-refractivity contribution in [3.05, 3.63) is 41.7 Å². The predicted octanol–water partition coefficient (Wildman–Crippen LogP) is 1.85. The monoisotopic (exact) mass is 387 g/mol. The highest BCUT2D eigenvalue weighted by Gasteiger charge is 2.47. The van der Waals surface area contributed by atoms with Gasteiger partial charge in [-0.1, -0.05) is 5.21 Å². The van der Waals surface area contributed by atoms with Gasteiger partial charge in [-0.15, -0.1) is 5.10 Å². The molecular weight excluding hydrogens is 366 g/mol. The van der Waals surface area contributed by atoms with Crippen LogP contribution in [0, 0.1) is 11.3 Å². The fourth-order valence-electron chi connectivity index (χ4n) is 4.24. The van der Waals surface area contributed by atoms with E-state index in [0.29, 0.717) is 12.2 Å². The molecule has 9 heteroatoms. The molecule has 0 amide bonds. The summed E-state index contributed by atoms with van der Waals surface area (Å²) < 4.78 is 35.0. The summed E-state index contributed by atoms with van der Waals surface area (Å²) in [7, 11) is -1.96. The third kappa shape index (κ3) is 3.25. The number of fused-ring (bicyclic) bond motifs is 2. The number of nitrogens with zero attached hydrogens (tertiary/aromatic N) is 5. The van der Waals surface area contributed by atoms with Crippen molar-refractivity contribution >= 4 is 10.0 Å². The second-order valence-corrected chi connectivity index (χ2v) is 8.95. The molecule has 8 nitrogen and oxygen atoms in total. The molecule has 2 saturated heterocycles. The summed E-state index contributed by atoms with van der Waals surface area (Å²) in [6, 6.07) is 8.23. The first-order chi connectivity index (χ1) is 13.0. The number of methoxy groups -OCH3 is 1. The number of benzene rings is 1. The van der Waals surface area contributed by atoms with Crippen LogP contribution in [0.25, 0.3) is 0 Å². The summed E-state index contributed by atoms with van der Waals surface area (Å²) in [5.41, 5.74) is 1.23. The first kappa shape index (κ1) is 18.1. The largest absolute Gasteiger partial charge is 0.378 e. The molecule has 0 aliphatic carbocycles. The lowest BCUT2D eigenvalue weighted by Gasteiger charge is -2.37. The van der Waals surface area contributed by atoms with Crippen molar-refractivity contribution < 1.29 is 13.2 Å². The number of hydrogen-bond acceptors (Lipinski definition) is 6. The van der Waals surface area contributed by atoms with Crippen molar-refractivity contribution in [1.82, 2.24) is 19.3 Å². The quantitative estimate of drug-likeness (QED) is 0.776. The molecule has 2 bridgehead atoms. The van der Waals surface area contributed by atoms with Crippen molar-refractivity contribution in [2.75, 3.05) is 7.11 Å². The van der Waals surface area contributed by atoms with Gasteiger partial charge in [0.2, 0.25) is 10.0 Å². The van der Waals surface area contributed by atoms with Crippen molar-refractivity contribution in [3.8, 4) is 6.07 Å². The minimum absolute atomic E-state index is 0.0375. The van der Waals surface area contributed by atoms with Gasteiger partial charge in [0, 0.05) is 19.2 Å². The Kier molecular flexibility index (Phi) is 4.72. The molecule has 142 valence electrons. The van der Waals surface area contributed by atoms with Gasteiger partial charge in [0.1, 0.15) is 5.69 Å². The van der Waals surface area contributed by atoms with Gasteiger partial charge in [0.05, 0.1) is 35.4 Å². The van der Waals surface area contributed by atoms with Crippen LogP contribution in [-0.4, -0.2) is 46.9 Å². The van der Waals surface area contributed by atoms with E-state index in [1.54, 1.807) is 23.5 Å². The lowest BCUT2D eigenvalue weighted by atomic mass is 10.00. The third-order valence-electron chi connectivity index (χ3n) is 5.42. The van der Waals surface area contributed by atoms with E-state index >= 15 is 0 Å². The molecule has 2 atom stereocenters. The number of rotatable bonds is 5. The predicted molar refractivity (Wildman–Crippen MR) is 96.0 cm³/mol. The molecule has 0 radical (unpaired) electrons. The lowest BCUT2D eigenvalue weighted by molar-refractivity contribution is 0.180. The molecule has 2 aliphatic heterocycles. The second kappa shape index (κ2) is 7.03. The number of aromatic nitrogens is 3. The number of nitriles is 1. The van der Waals surface area contributed by atoms with Crippen LogP contribution < -0.4 is 0 Å². The topological polar surface area (TPSA) is 101 Å². The van der Waals surface area contributed by atoms with Crippen LogP contribution in [-0.2, 0) is 21.4 Å². The fraction of sp³-hybridized carbons (Fsp3) is 0.500. The van der Waals surface area contributed by atoms with Crippen molar-refractivity contribution in [2.24, 2.45) is 0 Å². The Balaban J connectivity index is 1.55. The Hall–Kier alpha value is -2.28. The molecule has 2 aromatic rings. The maximum atomic E-state index is 13.2. The smallest absolute Gasteiger partial charge is 0.243 e. The van der Waals surface area contributed by atoms with E-state index in [0.717, 1.165) is 31.4 Å². The highest BCUT2D eigenvalue weighted by molar-refractivity contribution is 7.89. The summed E-state index contributed by atoms with van der Waals surface area (Å²) in [5, 5.41) is 17.2. The Labute approximate surface area is 158 Å². The van der Waals surface area contributed by atoms with Crippen LogP contribution in [0.5, 0.6) is 0 Å². The van der Waals surface area contributed by atoms with E-state index in [1.807, 2.05) is 16.9 Å². The number of hydrogen-bond donors (Lipinski definition) is 0. The lowest BCUT2D eigenvalue weighted by Crippen LogP contribution is -2.46.